The first-order valence-corrected chi connectivity index (χ1v) is 6.54. The molecule has 112 valence electrons. The minimum absolute atomic E-state index is 0.131. The number of carboxylic acids is 1. The zero-order valence-corrected chi connectivity index (χ0v) is 11.3. The summed E-state index contributed by atoms with van der Waals surface area (Å²) in [5.74, 6) is -2.36. The maximum Gasteiger partial charge on any atom is 0.303 e. The van der Waals surface area contributed by atoms with E-state index >= 15 is 0 Å². The summed E-state index contributed by atoms with van der Waals surface area (Å²) in [6.45, 7) is 2.47. The van der Waals surface area contributed by atoms with Crippen LogP contribution < -0.4 is 5.32 Å². The molecule has 0 amide bonds. The van der Waals surface area contributed by atoms with Crippen molar-refractivity contribution >= 4 is 5.97 Å². The van der Waals surface area contributed by atoms with Gasteiger partial charge in [0.15, 0.2) is 0 Å². The van der Waals surface area contributed by atoms with Gasteiger partial charge in [-0.2, -0.15) is 0 Å². The van der Waals surface area contributed by atoms with Crippen LogP contribution in [0.25, 0.3) is 0 Å². The lowest BCUT2D eigenvalue weighted by Crippen LogP contribution is -2.36. The normalized spacial score (nSPS) is 14.0. The summed E-state index contributed by atoms with van der Waals surface area (Å²) in [4.78, 5) is 10.6. The lowest BCUT2D eigenvalue weighted by atomic mass is 9.97. The third kappa shape index (κ3) is 4.86. The molecule has 0 aliphatic rings. The quantitative estimate of drug-likeness (QED) is 0.686. The molecule has 0 radical (unpaired) electrons. The third-order valence-corrected chi connectivity index (χ3v) is 2.98. The molecule has 2 atom stereocenters. The van der Waals surface area contributed by atoms with E-state index in [-0.39, 0.29) is 18.4 Å². The fourth-order valence-electron chi connectivity index (χ4n) is 1.94. The lowest BCUT2D eigenvalue weighted by molar-refractivity contribution is -0.137. The molecule has 0 aliphatic carbocycles. The second kappa shape index (κ2) is 7.91. The van der Waals surface area contributed by atoms with E-state index in [4.69, 9.17) is 5.11 Å². The van der Waals surface area contributed by atoms with Crippen LogP contribution >= 0.6 is 0 Å². The Labute approximate surface area is 116 Å². The van der Waals surface area contributed by atoms with Crippen molar-refractivity contribution in [2.24, 2.45) is 0 Å². The van der Waals surface area contributed by atoms with E-state index < -0.39 is 29.7 Å². The van der Waals surface area contributed by atoms with E-state index in [2.05, 4.69) is 5.32 Å². The largest absolute Gasteiger partial charge is 0.481 e. The van der Waals surface area contributed by atoms with Crippen molar-refractivity contribution in [3.63, 3.8) is 0 Å². The summed E-state index contributed by atoms with van der Waals surface area (Å²) in [6.07, 6.45) is -0.541. The molecule has 1 rings (SSSR count). The van der Waals surface area contributed by atoms with Crippen molar-refractivity contribution in [2.45, 2.75) is 38.3 Å². The van der Waals surface area contributed by atoms with Crippen molar-refractivity contribution in [1.29, 1.82) is 0 Å². The van der Waals surface area contributed by atoms with Crippen molar-refractivity contribution in [1.82, 2.24) is 5.32 Å². The van der Waals surface area contributed by atoms with Crippen LogP contribution in [0, 0.1) is 11.6 Å². The van der Waals surface area contributed by atoms with Gasteiger partial charge in [0.25, 0.3) is 0 Å². The molecule has 0 saturated carbocycles. The molecule has 0 aromatic heterocycles. The molecular weight excluding hydrogens is 268 g/mol. The molecule has 0 fully saturated rings. The Bertz CT molecular complexity index is 454. The van der Waals surface area contributed by atoms with Gasteiger partial charge < -0.3 is 15.5 Å². The second-order valence-electron chi connectivity index (χ2n) is 4.60. The maximum atomic E-state index is 13.6. The molecule has 4 nitrogen and oxygen atoms in total. The Kier molecular flexibility index (Phi) is 6.54. The molecule has 0 saturated heterocycles. The van der Waals surface area contributed by atoms with Crippen LogP contribution in [0.4, 0.5) is 8.78 Å². The minimum atomic E-state index is -1.29. The highest BCUT2D eigenvalue weighted by Crippen LogP contribution is 2.23. The van der Waals surface area contributed by atoms with E-state index in [9.17, 15) is 18.7 Å². The number of aliphatic hydroxyl groups is 1. The standard InChI is InChI=1S/C14H19F2NO3/c1-2-7-17-12(5-6-13(18)19)14(20)10-8-9(15)3-4-11(10)16/h3-4,8,12,14,17,20H,2,5-7H2,1H3,(H,18,19). The van der Waals surface area contributed by atoms with Crippen molar-refractivity contribution in [2.75, 3.05) is 6.54 Å². The van der Waals surface area contributed by atoms with E-state index in [1.165, 1.54) is 0 Å². The number of nitrogens with one attached hydrogen (secondary N) is 1. The second-order valence-corrected chi connectivity index (χ2v) is 4.60. The summed E-state index contributed by atoms with van der Waals surface area (Å²) in [5, 5.41) is 21.8. The van der Waals surface area contributed by atoms with Gasteiger partial charge >= 0.3 is 5.97 Å². The number of rotatable bonds is 8. The SMILES string of the molecule is CCCNC(CCC(=O)O)C(O)c1cc(F)ccc1F. The van der Waals surface area contributed by atoms with E-state index in [0.717, 1.165) is 24.6 Å². The van der Waals surface area contributed by atoms with Crippen LogP contribution in [0.5, 0.6) is 0 Å². The summed E-state index contributed by atoms with van der Waals surface area (Å²) >= 11 is 0. The molecule has 2 unspecified atom stereocenters. The Morgan fingerprint density at radius 3 is 2.70 bits per heavy atom. The zero-order valence-electron chi connectivity index (χ0n) is 11.3. The Morgan fingerprint density at radius 1 is 1.40 bits per heavy atom. The Hall–Kier alpha value is -1.53. The number of hydrogen-bond acceptors (Lipinski definition) is 3. The summed E-state index contributed by atoms with van der Waals surface area (Å²) < 4.78 is 26.8. The first kappa shape index (κ1) is 16.5. The van der Waals surface area contributed by atoms with Gasteiger partial charge in [-0.15, -0.1) is 0 Å². The van der Waals surface area contributed by atoms with Crippen molar-refractivity contribution in [3.05, 3.63) is 35.4 Å². The predicted molar refractivity (Wildman–Crippen MR) is 70.3 cm³/mol. The average Bonchev–Trinajstić information content (AvgIpc) is 2.40. The number of halogens is 2. The van der Waals surface area contributed by atoms with E-state index in [1.807, 2.05) is 6.92 Å². The molecule has 1 aromatic rings. The van der Waals surface area contributed by atoms with Gasteiger partial charge in [0.05, 0.1) is 6.10 Å². The Balaban J connectivity index is 2.86. The van der Waals surface area contributed by atoms with Gasteiger partial charge in [0.2, 0.25) is 0 Å². The summed E-state index contributed by atoms with van der Waals surface area (Å²) in [7, 11) is 0. The number of carbonyl (C=O) groups is 1. The smallest absolute Gasteiger partial charge is 0.303 e. The van der Waals surface area contributed by atoms with Gasteiger partial charge in [-0.3, -0.25) is 4.79 Å². The van der Waals surface area contributed by atoms with Crippen LogP contribution in [-0.2, 0) is 4.79 Å². The number of carboxylic acid groups (broad SMARTS) is 1. The van der Waals surface area contributed by atoms with Gasteiger partial charge in [-0.1, -0.05) is 6.92 Å². The highest BCUT2D eigenvalue weighted by Gasteiger charge is 2.24. The van der Waals surface area contributed by atoms with Crippen LogP contribution in [0.15, 0.2) is 18.2 Å². The third-order valence-electron chi connectivity index (χ3n) is 2.98. The van der Waals surface area contributed by atoms with Crippen molar-refractivity contribution < 1.29 is 23.8 Å². The van der Waals surface area contributed by atoms with Gasteiger partial charge in [-0.25, -0.2) is 8.78 Å². The number of aliphatic hydroxyl groups excluding tert-OH is 1. The molecule has 6 heteroatoms. The molecule has 0 heterocycles. The first-order valence-electron chi connectivity index (χ1n) is 6.54. The van der Waals surface area contributed by atoms with Gasteiger partial charge in [0.1, 0.15) is 11.6 Å². The molecule has 0 bridgehead atoms. The molecule has 20 heavy (non-hydrogen) atoms. The highest BCUT2D eigenvalue weighted by molar-refractivity contribution is 5.66. The van der Waals surface area contributed by atoms with Crippen LogP contribution in [0.1, 0.15) is 37.9 Å². The average molecular weight is 287 g/mol. The summed E-state index contributed by atoms with van der Waals surface area (Å²) in [6, 6.07) is 2.21. The number of hydrogen-bond donors (Lipinski definition) is 3. The van der Waals surface area contributed by atoms with Gasteiger partial charge in [-0.05, 0) is 37.6 Å². The van der Waals surface area contributed by atoms with E-state index in [1.54, 1.807) is 0 Å². The molecule has 0 aliphatic heterocycles. The van der Waals surface area contributed by atoms with E-state index in [0.29, 0.717) is 6.54 Å². The topological polar surface area (TPSA) is 69.6 Å². The maximum absolute atomic E-state index is 13.6. The number of aliphatic carboxylic acids is 1. The Morgan fingerprint density at radius 2 is 2.10 bits per heavy atom. The number of benzene rings is 1. The highest BCUT2D eigenvalue weighted by atomic mass is 19.1. The molecular formula is C14H19F2NO3. The molecule has 1 aromatic carbocycles. The lowest BCUT2D eigenvalue weighted by Gasteiger charge is -2.24. The first-order chi connectivity index (χ1) is 9.45. The summed E-state index contributed by atoms with van der Waals surface area (Å²) in [5.41, 5.74) is -0.163. The molecule has 0 spiro atoms. The predicted octanol–water partition coefficient (Wildman–Crippen LogP) is 2.23. The fourth-order valence-corrected chi connectivity index (χ4v) is 1.94. The minimum Gasteiger partial charge on any atom is -0.481 e. The van der Waals surface area contributed by atoms with Crippen LogP contribution in [0.3, 0.4) is 0 Å². The molecule has 3 N–H and O–H groups in total. The monoisotopic (exact) mass is 287 g/mol. The zero-order chi connectivity index (χ0) is 15.1. The van der Waals surface area contributed by atoms with Crippen LogP contribution in [0.2, 0.25) is 0 Å². The fraction of sp³-hybridized carbons (Fsp3) is 0.500. The van der Waals surface area contributed by atoms with Gasteiger partial charge in [0, 0.05) is 18.0 Å². The van der Waals surface area contributed by atoms with Crippen LogP contribution in [-0.4, -0.2) is 28.8 Å². The van der Waals surface area contributed by atoms with Crippen molar-refractivity contribution in [3.8, 4) is 0 Å².